The van der Waals surface area contributed by atoms with Crippen molar-refractivity contribution in [2.75, 3.05) is 32.1 Å². The molecule has 0 atom stereocenters. The Morgan fingerprint density at radius 1 is 1.31 bits per heavy atom. The summed E-state index contributed by atoms with van der Waals surface area (Å²) in [5, 5.41) is 10.1. The minimum Gasteiger partial charge on any atom is -0.383 e. The third kappa shape index (κ3) is 5.14. The average Bonchev–Trinajstić information content (AvgIpc) is 2.92. The number of rotatable bonds is 5. The van der Waals surface area contributed by atoms with Crippen LogP contribution in [0.15, 0.2) is 30.5 Å². The number of urea groups is 1. The van der Waals surface area contributed by atoms with E-state index in [-0.39, 0.29) is 17.4 Å². The molecule has 0 unspecified atom stereocenters. The van der Waals surface area contributed by atoms with E-state index in [0.717, 1.165) is 12.0 Å². The summed E-state index contributed by atoms with van der Waals surface area (Å²) in [6.45, 7) is 6.33. The lowest BCUT2D eigenvalue weighted by molar-refractivity contribution is 0.0937. The van der Waals surface area contributed by atoms with Gasteiger partial charge in [0.2, 0.25) is 0 Å². The number of aryl methyl sites for hydroxylation is 1. The molecule has 8 nitrogen and oxygen atoms in total. The Balaban J connectivity index is 1.71. The van der Waals surface area contributed by atoms with Gasteiger partial charge >= 0.3 is 6.03 Å². The molecule has 2 aromatic rings. The van der Waals surface area contributed by atoms with E-state index in [2.05, 4.69) is 29.6 Å². The van der Waals surface area contributed by atoms with Gasteiger partial charge in [-0.2, -0.15) is 5.10 Å². The van der Waals surface area contributed by atoms with Crippen molar-refractivity contribution in [3.63, 3.8) is 0 Å². The molecular formula is C21H29N5O3. The lowest BCUT2D eigenvalue weighted by atomic mass is 9.87. The van der Waals surface area contributed by atoms with Gasteiger partial charge in [0.25, 0.3) is 5.91 Å². The number of fused-ring (bicyclic) bond motifs is 1. The van der Waals surface area contributed by atoms with Gasteiger partial charge in [-0.3, -0.25) is 9.48 Å². The number of benzene rings is 1. The Labute approximate surface area is 171 Å². The molecule has 0 bridgehead atoms. The Morgan fingerprint density at radius 3 is 2.86 bits per heavy atom. The summed E-state index contributed by atoms with van der Waals surface area (Å²) in [5.41, 5.74) is 3.24. The monoisotopic (exact) mass is 399 g/mol. The topological polar surface area (TPSA) is 88.5 Å². The SMILES string of the molecule is COCCNC(=O)c1cccc(NC(=O)N2Cc3cnn(C)c3CC(C)(C)C2)c1. The molecule has 29 heavy (non-hydrogen) atoms. The molecule has 2 N–H and O–H groups in total. The second kappa shape index (κ2) is 8.65. The van der Waals surface area contributed by atoms with Gasteiger partial charge in [0.05, 0.1) is 19.3 Å². The van der Waals surface area contributed by atoms with Crippen LogP contribution in [0.1, 0.15) is 35.5 Å². The highest BCUT2D eigenvalue weighted by atomic mass is 16.5. The number of nitrogens with zero attached hydrogens (tertiary/aromatic N) is 3. The fourth-order valence-corrected chi connectivity index (χ4v) is 3.61. The Hall–Kier alpha value is -2.87. The third-order valence-corrected chi connectivity index (χ3v) is 5.03. The number of methoxy groups -OCH3 is 1. The standard InChI is InChI=1S/C21H29N5O3/c1-21(2)11-18-16(12-23-25(18)3)13-26(14-21)20(28)24-17-7-5-6-15(10-17)19(27)22-8-9-29-4/h5-7,10,12H,8-9,11,13-14H2,1-4H3,(H,22,27)(H,24,28). The van der Waals surface area contributed by atoms with E-state index in [4.69, 9.17) is 4.74 Å². The summed E-state index contributed by atoms with van der Waals surface area (Å²) in [7, 11) is 3.52. The first-order valence-corrected chi connectivity index (χ1v) is 9.72. The fraction of sp³-hybridized carbons (Fsp3) is 0.476. The number of anilines is 1. The number of carbonyl (C=O) groups excluding carboxylic acids is 2. The van der Waals surface area contributed by atoms with Crippen LogP contribution in [0, 0.1) is 5.41 Å². The summed E-state index contributed by atoms with van der Waals surface area (Å²) in [6.07, 6.45) is 2.70. The van der Waals surface area contributed by atoms with Gasteiger partial charge in [-0.1, -0.05) is 19.9 Å². The molecule has 2 heterocycles. The van der Waals surface area contributed by atoms with Crippen LogP contribution in [-0.4, -0.2) is 53.4 Å². The fourth-order valence-electron chi connectivity index (χ4n) is 3.61. The highest BCUT2D eigenvalue weighted by molar-refractivity contribution is 5.96. The molecule has 0 saturated carbocycles. The van der Waals surface area contributed by atoms with E-state index in [9.17, 15) is 9.59 Å². The van der Waals surface area contributed by atoms with Gasteiger partial charge in [0.1, 0.15) is 0 Å². The van der Waals surface area contributed by atoms with Crippen LogP contribution in [0.3, 0.4) is 0 Å². The summed E-state index contributed by atoms with van der Waals surface area (Å²) < 4.78 is 6.83. The molecule has 3 rings (SSSR count). The maximum absolute atomic E-state index is 13.0. The molecule has 0 saturated heterocycles. The molecule has 3 amide bonds. The first-order valence-electron chi connectivity index (χ1n) is 9.72. The first kappa shape index (κ1) is 20.9. The van der Waals surface area contributed by atoms with Gasteiger partial charge in [-0.05, 0) is 30.0 Å². The third-order valence-electron chi connectivity index (χ3n) is 5.03. The van der Waals surface area contributed by atoms with Crippen molar-refractivity contribution < 1.29 is 14.3 Å². The van der Waals surface area contributed by atoms with Crippen LogP contribution < -0.4 is 10.6 Å². The zero-order chi connectivity index (χ0) is 21.0. The number of hydrogen-bond donors (Lipinski definition) is 2. The smallest absolute Gasteiger partial charge is 0.322 e. The number of ether oxygens (including phenoxy) is 1. The van der Waals surface area contributed by atoms with Crippen LogP contribution in [0.25, 0.3) is 0 Å². The number of amides is 3. The van der Waals surface area contributed by atoms with Crippen molar-refractivity contribution in [2.45, 2.75) is 26.8 Å². The largest absolute Gasteiger partial charge is 0.383 e. The van der Waals surface area contributed by atoms with Crippen LogP contribution in [0.4, 0.5) is 10.5 Å². The van der Waals surface area contributed by atoms with E-state index in [1.807, 2.05) is 17.9 Å². The quantitative estimate of drug-likeness (QED) is 0.756. The Morgan fingerprint density at radius 2 is 2.10 bits per heavy atom. The molecule has 1 aromatic carbocycles. The van der Waals surface area contributed by atoms with E-state index in [0.29, 0.717) is 37.5 Å². The van der Waals surface area contributed by atoms with Gasteiger partial charge in [-0.15, -0.1) is 0 Å². The zero-order valence-corrected chi connectivity index (χ0v) is 17.5. The predicted molar refractivity (Wildman–Crippen MR) is 111 cm³/mol. The molecule has 156 valence electrons. The van der Waals surface area contributed by atoms with Crippen molar-refractivity contribution in [1.29, 1.82) is 0 Å². The highest BCUT2D eigenvalue weighted by Gasteiger charge is 2.32. The molecule has 0 spiro atoms. The molecule has 0 radical (unpaired) electrons. The van der Waals surface area contributed by atoms with Crippen molar-refractivity contribution in [3.8, 4) is 0 Å². The second-order valence-corrected chi connectivity index (χ2v) is 8.20. The van der Waals surface area contributed by atoms with Crippen molar-refractivity contribution in [1.82, 2.24) is 20.0 Å². The minimum atomic E-state index is -0.200. The van der Waals surface area contributed by atoms with E-state index >= 15 is 0 Å². The van der Waals surface area contributed by atoms with Gasteiger partial charge in [-0.25, -0.2) is 4.79 Å². The Bertz CT molecular complexity index is 890. The van der Waals surface area contributed by atoms with E-state index < -0.39 is 0 Å². The summed E-state index contributed by atoms with van der Waals surface area (Å²) in [4.78, 5) is 27.0. The van der Waals surface area contributed by atoms with Crippen molar-refractivity contribution in [3.05, 3.63) is 47.3 Å². The van der Waals surface area contributed by atoms with Crippen molar-refractivity contribution >= 4 is 17.6 Å². The van der Waals surface area contributed by atoms with Crippen LogP contribution in [0.5, 0.6) is 0 Å². The highest BCUT2D eigenvalue weighted by Crippen LogP contribution is 2.30. The molecule has 1 aliphatic rings. The zero-order valence-electron chi connectivity index (χ0n) is 17.5. The van der Waals surface area contributed by atoms with E-state index in [1.165, 1.54) is 5.69 Å². The molecule has 0 fully saturated rings. The lowest BCUT2D eigenvalue weighted by Crippen LogP contribution is -2.40. The Kier molecular flexibility index (Phi) is 6.22. The van der Waals surface area contributed by atoms with Crippen LogP contribution in [0.2, 0.25) is 0 Å². The molecular weight excluding hydrogens is 370 g/mol. The summed E-state index contributed by atoms with van der Waals surface area (Å²) in [6, 6.07) is 6.74. The van der Waals surface area contributed by atoms with Gasteiger partial charge in [0.15, 0.2) is 0 Å². The maximum Gasteiger partial charge on any atom is 0.322 e. The summed E-state index contributed by atoms with van der Waals surface area (Å²) in [5.74, 6) is -0.200. The molecule has 0 aliphatic carbocycles. The normalized spacial score (nSPS) is 15.4. The lowest BCUT2D eigenvalue weighted by Gasteiger charge is -2.29. The number of hydrogen-bond acceptors (Lipinski definition) is 4. The number of aromatic nitrogens is 2. The van der Waals surface area contributed by atoms with Crippen LogP contribution in [-0.2, 0) is 24.8 Å². The molecule has 1 aliphatic heterocycles. The maximum atomic E-state index is 13.0. The molecule has 8 heteroatoms. The van der Waals surface area contributed by atoms with Crippen LogP contribution >= 0.6 is 0 Å². The second-order valence-electron chi connectivity index (χ2n) is 8.20. The first-order chi connectivity index (χ1) is 13.8. The average molecular weight is 399 g/mol. The number of carbonyl (C=O) groups is 2. The summed E-state index contributed by atoms with van der Waals surface area (Å²) >= 11 is 0. The molecule has 1 aromatic heterocycles. The van der Waals surface area contributed by atoms with E-state index in [1.54, 1.807) is 36.3 Å². The van der Waals surface area contributed by atoms with Gasteiger partial charge in [0, 0.05) is 49.8 Å². The van der Waals surface area contributed by atoms with Crippen molar-refractivity contribution in [2.24, 2.45) is 12.5 Å². The predicted octanol–water partition coefficient (Wildman–Crippen LogP) is 2.41. The number of nitrogens with one attached hydrogen (secondary N) is 2. The minimum absolute atomic E-state index is 0.0700. The van der Waals surface area contributed by atoms with Gasteiger partial charge < -0.3 is 20.3 Å².